The molecule has 4 rings (SSSR count). The summed E-state index contributed by atoms with van der Waals surface area (Å²) in [6.45, 7) is 3.97. The molecule has 1 aromatic carbocycles. The van der Waals surface area contributed by atoms with Gasteiger partial charge in [-0.05, 0) is 36.9 Å². The van der Waals surface area contributed by atoms with Crippen molar-refractivity contribution in [3.63, 3.8) is 0 Å². The van der Waals surface area contributed by atoms with Crippen LogP contribution >= 0.6 is 11.3 Å². The van der Waals surface area contributed by atoms with Crippen LogP contribution in [0.4, 0.5) is 19.6 Å². The van der Waals surface area contributed by atoms with E-state index >= 15 is 0 Å². The van der Waals surface area contributed by atoms with Crippen LogP contribution in [-0.2, 0) is 0 Å². The molecule has 1 saturated heterocycles. The van der Waals surface area contributed by atoms with Crippen LogP contribution in [-0.4, -0.2) is 40.1 Å². The van der Waals surface area contributed by atoms with E-state index in [1.807, 2.05) is 32.0 Å². The minimum absolute atomic E-state index is 0.0913. The third kappa shape index (κ3) is 4.21. The monoisotopic (exact) mass is 457 g/mol. The molecule has 0 aliphatic carbocycles. The van der Waals surface area contributed by atoms with Crippen LogP contribution in [0.5, 0.6) is 0 Å². The van der Waals surface area contributed by atoms with Crippen LogP contribution in [0.15, 0.2) is 23.6 Å². The number of nitriles is 1. The maximum Gasteiger partial charge on any atom is 0.338 e. The quantitative estimate of drug-likeness (QED) is 0.557. The number of benzene rings is 1. The smallest absolute Gasteiger partial charge is 0.338 e. The van der Waals surface area contributed by atoms with E-state index in [9.17, 15) is 23.9 Å². The number of piperidine rings is 1. The topological polar surface area (TPSA) is 102 Å². The van der Waals surface area contributed by atoms with E-state index in [1.165, 1.54) is 11.3 Å². The van der Waals surface area contributed by atoms with Crippen LogP contribution in [0.2, 0.25) is 0 Å². The van der Waals surface area contributed by atoms with Gasteiger partial charge in [0.1, 0.15) is 11.1 Å². The molecule has 2 aromatic heterocycles. The Labute approximate surface area is 187 Å². The maximum atomic E-state index is 13.6. The Balaban J connectivity index is 1.76. The van der Waals surface area contributed by atoms with Gasteiger partial charge in [-0.15, -0.1) is 11.3 Å². The molecule has 166 valence electrons. The fraction of sp³-hybridized carbons (Fsp3) is 0.364. The highest BCUT2D eigenvalue weighted by Crippen LogP contribution is 2.34. The van der Waals surface area contributed by atoms with Gasteiger partial charge in [0.05, 0.1) is 22.6 Å². The Morgan fingerprint density at radius 3 is 2.72 bits per heavy atom. The van der Waals surface area contributed by atoms with Crippen LogP contribution in [0.25, 0.3) is 11.0 Å². The molecule has 1 fully saturated rings. The number of aryl methyl sites for hydroxylation is 1. The number of fused-ring (bicyclic) bond motifs is 1. The molecule has 3 heterocycles. The Morgan fingerprint density at radius 2 is 2.06 bits per heavy atom. The lowest BCUT2D eigenvalue weighted by atomic mass is 10.0. The Morgan fingerprint density at radius 1 is 1.34 bits per heavy atom. The predicted molar refractivity (Wildman–Crippen MR) is 119 cm³/mol. The van der Waals surface area contributed by atoms with Gasteiger partial charge in [-0.2, -0.15) is 5.26 Å². The number of carboxylic acid groups (broad SMARTS) is 1. The number of aromatic carboxylic acids is 1. The van der Waals surface area contributed by atoms with Crippen LogP contribution in [0, 0.1) is 18.3 Å². The van der Waals surface area contributed by atoms with Gasteiger partial charge in [0.2, 0.25) is 0 Å². The van der Waals surface area contributed by atoms with Gasteiger partial charge >= 0.3 is 5.97 Å². The summed E-state index contributed by atoms with van der Waals surface area (Å²) < 4.78 is 27.3. The van der Waals surface area contributed by atoms with Gasteiger partial charge in [-0.1, -0.05) is 6.07 Å². The number of hydrogen-bond acceptors (Lipinski definition) is 7. The van der Waals surface area contributed by atoms with E-state index in [0.29, 0.717) is 21.9 Å². The molecular formula is C22H21F2N5O2S. The van der Waals surface area contributed by atoms with Crippen molar-refractivity contribution >= 4 is 39.2 Å². The highest BCUT2D eigenvalue weighted by Gasteiger charge is 2.35. The largest absolute Gasteiger partial charge is 0.478 e. The van der Waals surface area contributed by atoms with Gasteiger partial charge in [-0.25, -0.2) is 23.5 Å². The number of halogens is 2. The van der Waals surface area contributed by atoms with Crippen molar-refractivity contribution < 1.29 is 18.7 Å². The lowest BCUT2D eigenvalue weighted by molar-refractivity contribution is -0.0221. The summed E-state index contributed by atoms with van der Waals surface area (Å²) in [7, 11) is 0. The number of thiophene rings is 1. The molecule has 32 heavy (non-hydrogen) atoms. The summed E-state index contributed by atoms with van der Waals surface area (Å²) in [4.78, 5) is 22.3. The maximum absolute atomic E-state index is 13.6. The minimum atomic E-state index is -2.71. The SMILES string of the molecule is Cc1cc([C@@H](C)Nc2sccc2C(=O)O)c2nc(N3CCC(F)(F)CC3)c(C#N)nc2c1. The number of aromatic nitrogens is 2. The molecule has 3 aromatic rings. The predicted octanol–water partition coefficient (Wildman–Crippen LogP) is 4.98. The van der Waals surface area contributed by atoms with Crippen LogP contribution in [0.3, 0.4) is 0 Å². The Hall–Kier alpha value is -3.32. The van der Waals surface area contributed by atoms with Crippen molar-refractivity contribution in [2.75, 3.05) is 23.3 Å². The minimum Gasteiger partial charge on any atom is -0.478 e. The zero-order valence-electron chi connectivity index (χ0n) is 17.5. The van der Waals surface area contributed by atoms with Gasteiger partial charge < -0.3 is 15.3 Å². The van der Waals surface area contributed by atoms with E-state index in [4.69, 9.17) is 4.98 Å². The number of nitrogens with one attached hydrogen (secondary N) is 1. The van der Waals surface area contributed by atoms with Crippen molar-refractivity contribution in [1.29, 1.82) is 5.26 Å². The molecule has 0 saturated carbocycles. The van der Waals surface area contributed by atoms with E-state index < -0.39 is 11.9 Å². The standard InChI is InChI=1S/C22H21F2N5O2S/c1-12-9-15(13(2)26-20-14(21(30)31)3-8-32-20)18-16(10-12)27-17(11-25)19(28-18)29-6-4-22(23,24)5-7-29/h3,8-10,13,26H,4-7H2,1-2H3,(H,30,31)/t13-/m1/s1. The fourth-order valence-electron chi connectivity index (χ4n) is 3.86. The summed E-state index contributed by atoms with van der Waals surface area (Å²) in [6, 6.07) is 7.03. The van der Waals surface area contributed by atoms with E-state index in [-0.39, 0.29) is 43.2 Å². The fourth-order valence-corrected chi connectivity index (χ4v) is 4.73. The first kappa shape index (κ1) is 21.9. The molecule has 1 aliphatic rings. The van der Waals surface area contributed by atoms with Crippen LogP contribution < -0.4 is 10.2 Å². The number of rotatable bonds is 5. The lowest BCUT2D eigenvalue weighted by Crippen LogP contribution is -2.40. The zero-order valence-corrected chi connectivity index (χ0v) is 18.3. The molecule has 0 amide bonds. The van der Waals surface area contributed by atoms with Gasteiger partial charge in [-0.3, -0.25) is 0 Å². The molecule has 0 unspecified atom stereocenters. The molecular weight excluding hydrogens is 436 g/mol. The van der Waals surface area contributed by atoms with Crippen molar-refractivity contribution in [1.82, 2.24) is 9.97 Å². The average Bonchev–Trinajstić information content (AvgIpc) is 3.20. The normalized spacial score (nSPS) is 16.5. The highest BCUT2D eigenvalue weighted by molar-refractivity contribution is 7.14. The third-order valence-electron chi connectivity index (χ3n) is 5.54. The number of hydrogen-bond donors (Lipinski definition) is 2. The van der Waals surface area contributed by atoms with Crippen molar-refractivity contribution in [3.05, 3.63) is 46.0 Å². The molecule has 0 spiro atoms. The third-order valence-corrected chi connectivity index (χ3v) is 6.38. The average molecular weight is 458 g/mol. The summed E-state index contributed by atoms with van der Waals surface area (Å²) in [5.74, 6) is -3.43. The molecule has 0 bridgehead atoms. The zero-order chi connectivity index (χ0) is 23.0. The molecule has 7 nitrogen and oxygen atoms in total. The Kier molecular flexibility index (Phi) is 5.69. The van der Waals surface area contributed by atoms with Gasteiger partial charge in [0.25, 0.3) is 5.92 Å². The first-order valence-corrected chi connectivity index (χ1v) is 11.0. The van der Waals surface area contributed by atoms with Crippen molar-refractivity contribution in [3.8, 4) is 6.07 Å². The lowest BCUT2D eigenvalue weighted by Gasteiger charge is -2.33. The second-order valence-electron chi connectivity index (χ2n) is 7.91. The van der Waals surface area contributed by atoms with E-state index in [0.717, 1.165) is 11.1 Å². The van der Waals surface area contributed by atoms with Crippen molar-refractivity contribution in [2.24, 2.45) is 0 Å². The first-order chi connectivity index (χ1) is 15.2. The number of nitrogens with zero attached hydrogens (tertiary/aromatic N) is 4. The number of carboxylic acids is 1. The summed E-state index contributed by atoms with van der Waals surface area (Å²) in [6.07, 6.45) is -0.598. The summed E-state index contributed by atoms with van der Waals surface area (Å²) in [5.41, 5.74) is 3.06. The molecule has 10 heteroatoms. The highest BCUT2D eigenvalue weighted by atomic mass is 32.1. The second-order valence-corrected chi connectivity index (χ2v) is 8.82. The van der Waals surface area contributed by atoms with Gasteiger partial charge in [0, 0.05) is 31.5 Å². The van der Waals surface area contributed by atoms with Crippen LogP contribution in [0.1, 0.15) is 53.0 Å². The molecule has 2 N–H and O–H groups in total. The second kappa shape index (κ2) is 8.31. The molecule has 1 aliphatic heterocycles. The van der Waals surface area contributed by atoms with Crippen molar-refractivity contribution in [2.45, 2.75) is 38.7 Å². The van der Waals surface area contributed by atoms with Gasteiger partial charge in [0.15, 0.2) is 11.5 Å². The summed E-state index contributed by atoms with van der Waals surface area (Å²) >= 11 is 1.29. The Bertz CT molecular complexity index is 1230. The number of alkyl halides is 2. The van der Waals surface area contributed by atoms with E-state index in [2.05, 4.69) is 10.3 Å². The molecule has 1 atom stereocenters. The molecule has 0 radical (unpaired) electrons. The summed E-state index contributed by atoms with van der Waals surface area (Å²) in [5, 5.41) is 24.5. The first-order valence-electron chi connectivity index (χ1n) is 10.1. The number of anilines is 2. The van der Waals surface area contributed by atoms with E-state index in [1.54, 1.807) is 16.3 Å². The number of carbonyl (C=O) groups is 1.